The van der Waals surface area contributed by atoms with Gasteiger partial charge in [-0.25, -0.2) is 9.59 Å². The molecular formula is C16H28O8. The second-order valence-corrected chi connectivity index (χ2v) is 5.84. The van der Waals surface area contributed by atoms with Gasteiger partial charge in [-0.15, -0.1) is 0 Å². The Kier molecular flexibility index (Phi) is 9.76. The van der Waals surface area contributed by atoms with E-state index in [2.05, 4.69) is 11.3 Å². The third-order valence-electron chi connectivity index (χ3n) is 4.08. The second kappa shape index (κ2) is 10.4. The van der Waals surface area contributed by atoms with Gasteiger partial charge in [-0.05, 0) is 12.3 Å². The summed E-state index contributed by atoms with van der Waals surface area (Å²) >= 11 is 0. The number of aliphatic hydroxyl groups excluding tert-OH is 3. The lowest BCUT2D eigenvalue weighted by Gasteiger charge is -2.36. The Balaban J connectivity index is 5.49. The van der Waals surface area contributed by atoms with Crippen molar-refractivity contribution < 1.29 is 39.9 Å². The molecule has 0 radical (unpaired) electrons. The van der Waals surface area contributed by atoms with Crippen molar-refractivity contribution in [2.45, 2.75) is 69.9 Å². The van der Waals surface area contributed by atoms with Crippen LogP contribution in [0.25, 0.3) is 0 Å². The molecule has 5 atom stereocenters. The van der Waals surface area contributed by atoms with Crippen LogP contribution in [0.1, 0.15) is 46.0 Å². The molecule has 0 heterocycles. The largest absolute Gasteiger partial charge is 0.479 e. The van der Waals surface area contributed by atoms with Crippen LogP contribution in [-0.2, 0) is 14.3 Å². The number of esters is 1. The van der Waals surface area contributed by atoms with Crippen molar-refractivity contribution >= 4 is 11.9 Å². The minimum atomic E-state index is -2.57. The first-order valence-corrected chi connectivity index (χ1v) is 7.96. The molecule has 0 spiro atoms. The summed E-state index contributed by atoms with van der Waals surface area (Å²) < 4.78 is 4.54. The van der Waals surface area contributed by atoms with E-state index >= 15 is 0 Å². The summed E-state index contributed by atoms with van der Waals surface area (Å²) in [5.41, 5.74) is -2.57. The topological polar surface area (TPSA) is 145 Å². The van der Waals surface area contributed by atoms with Crippen molar-refractivity contribution in [2.75, 3.05) is 0 Å². The van der Waals surface area contributed by atoms with Crippen molar-refractivity contribution in [3.63, 3.8) is 0 Å². The standard InChI is InChI=1S/C16H28O8/c1-4-7-8-10(5-2)9-16(23,15(22)24-6-3)13(19)11(17)12(18)14(20)21/h6,10-13,17-19,23H,3-5,7-9H2,1-2H3,(H,20,21). The molecule has 0 aliphatic rings. The van der Waals surface area contributed by atoms with Gasteiger partial charge in [0.05, 0.1) is 6.26 Å². The molecule has 0 aromatic heterocycles. The molecule has 24 heavy (non-hydrogen) atoms. The molecule has 0 saturated heterocycles. The van der Waals surface area contributed by atoms with Crippen LogP contribution in [0.5, 0.6) is 0 Å². The van der Waals surface area contributed by atoms with Gasteiger partial charge in [-0.1, -0.05) is 46.1 Å². The van der Waals surface area contributed by atoms with Crippen LogP contribution in [-0.4, -0.2) is 61.4 Å². The van der Waals surface area contributed by atoms with Gasteiger partial charge >= 0.3 is 11.9 Å². The molecule has 0 fully saturated rings. The number of hydrogen-bond acceptors (Lipinski definition) is 7. The Morgan fingerprint density at radius 1 is 1.25 bits per heavy atom. The first-order chi connectivity index (χ1) is 11.1. The molecular weight excluding hydrogens is 320 g/mol. The highest BCUT2D eigenvalue weighted by atomic mass is 16.5. The van der Waals surface area contributed by atoms with E-state index < -0.39 is 35.9 Å². The number of carbonyl (C=O) groups excluding carboxylic acids is 1. The summed E-state index contributed by atoms with van der Waals surface area (Å²) in [6.07, 6.45) is -3.38. The van der Waals surface area contributed by atoms with E-state index in [0.717, 1.165) is 19.1 Å². The lowest BCUT2D eigenvalue weighted by atomic mass is 9.80. The Bertz CT molecular complexity index is 424. The minimum Gasteiger partial charge on any atom is -0.479 e. The molecule has 0 saturated carbocycles. The molecule has 140 valence electrons. The van der Waals surface area contributed by atoms with Crippen LogP contribution in [0.2, 0.25) is 0 Å². The van der Waals surface area contributed by atoms with Crippen LogP contribution in [0.15, 0.2) is 12.8 Å². The van der Waals surface area contributed by atoms with Crippen LogP contribution in [0.4, 0.5) is 0 Å². The monoisotopic (exact) mass is 348 g/mol. The van der Waals surface area contributed by atoms with Gasteiger partial charge in [0.2, 0.25) is 0 Å². The molecule has 0 aliphatic carbocycles. The molecule has 5 unspecified atom stereocenters. The number of ether oxygens (including phenoxy) is 1. The summed E-state index contributed by atoms with van der Waals surface area (Å²) in [4.78, 5) is 22.8. The van der Waals surface area contributed by atoms with Gasteiger partial charge in [0, 0.05) is 0 Å². The first kappa shape index (κ1) is 22.5. The normalized spacial score (nSPS) is 18.8. The van der Waals surface area contributed by atoms with Gasteiger partial charge < -0.3 is 30.3 Å². The summed E-state index contributed by atoms with van der Waals surface area (Å²) in [5, 5.41) is 48.7. The van der Waals surface area contributed by atoms with Gasteiger partial charge in [0.25, 0.3) is 0 Å². The Hall–Kier alpha value is -1.48. The highest BCUT2D eigenvalue weighted by Gasteiger charge is 2.51. The number of unbranched alkanes of at least 4 members (excludes halogenated alkanes) is 1. The Labute approximate surface area is 141 Å². The van der Waals surface area contributed by atoms with Crippen LogP contribution in [0.3, 0.4) is 0 Å². The number of carboxylic acids is 1. The quantitative estimate of drug-likeness (QED) is 0.248. The number of carbonyl (C=O) groups is 2. The first-order valence-electron chi connectivity index (χ1n) is 7.96. The lowest BCUT2D eigenvalue weighted by Crippen LogP contribution is -2.59. The summed E-state index contributed by atoms with van der Waals surface area (Å²) in [6.45, 7) is 7.01. The second-order valence-electron chi connectivity index (χ2n) is 5.84. The molecule has 0 aromatic carbocycles. The van der Waals surface area contributed by atoms with Crippen molar-refractivity contribution in [2.24, 2.45) is 5.92 Å². The van der Waals surface area contributed by atoms with Crippen molar-refractivity contribution in [3.05, 3.63) is 12.8 Å². The zero-order valence-corrected chi connectivity index (χ0v) is 14.1. The number of hydrogen-bond donors (Lipinski definition) is 5. The van der Waals surface area contributed by atoms with E-state index in [-0.39, 0.29) is 12.3 Å². The van der Waals surface area contributed by atoms with Crippen molar-refractivity contribution in [1.29, 1.82) is 0 Å². The van der Waals surface area contributed by atoms with Crippen molar-refractivity contribution in [3.8, 4) is 0 Å². The summed E-state index contributed by atoms with van der Waals surface area (Å²) in [6, 6.07) is 0. The average molecular weight is 348 g/mol. The molecule has 0 amide bonds. The maximum absolute atomic E-state index is 12.1. The third kappa shape index (κ3) is 5.86. The van der Waals surface area contributed by atoms with Gasteiger partial charge in [-0.3, -0.25) is 0 Å². The van der Waals surface area contributed by atoms with Gasteiger partial charge in [0.15, 0.2) is 11.7 Å². The molecule has 8 heteroatoms. The van der Waals surface area contributed by atoms with E-state index in [1.807, 2.05) is 13.8 Å². The smallest absolute Gasteiger partial charge is 0.345 e. The zero-order valence-electron chi connectivity index (χ0n) is 14.1. The molecule has 0 aliphatic heterocycles. The third-order valence-corrected chi connectivity index (χ3v) is 4.08. The van der Waals surface area contributed by atoms with E-state index in [1.54, 1.807) is 0 Å². The number of aliphatic carboxylic acids is 1. The highest BCUT2D eigenvalue weighted by Crippen LogP contribution is 2.30. The zero-order chi connectivity index (χ0) is 18.9. The Morgan fingerprint density at radius 3 is 2.25 bits per heavy atom. The van der Waals surface area contributed by atoms with E-state index in [1.165, 1.54) is 0 Å². The summed E-state index contributed by atoms with van der Waals surface area (Å²) in [7, 11) is 0. The molecule has 8 nitrogen and oxygen atoms in total. The Morgan fingerprint density at radius 2 is 1.83 bits per heavy atom. The maximum Gasteiger partial charge on any atom is 0.345 e. The predicted molar refractivity (Wildman–Crippen MR) is 84.8 cm³/mol. The van der Waals surface area contributed by atoms with Gasteiger partial charge in [0.1, 0.15) is 12.2 Å². The van der Waals surface area contributed by atoms with Crippen molar-refractivity contribution in [1.82, 2.24) is 0 Å². The average Bonchev–Trinajstić information content (AvgIpc) is 2.56. The molecule has 5 N–H and O–H groups in total. The SMILES string of the molecule is C=COC(=O)C(O)(CC(CC)CCCC)C(O)C(O)C(O)C(=O)O. The molecule has 0 bridgehead atoms. The number of aliphatic hydroxyl groups is 4. The van der Waals surface area contributed by atoms with Crippen LogP contribution >= 0.6 is 0 Å². The predicted octanol–water partition coefficient (Wildman–Crippen LogP) is 0.178. The summed E-state index contributed by atoms with van der Waals surface area (Å²) in [5.74, 6) is -3.23. The van der Waals surface area contributed by atoms with Gasteiger partial charge in [-0.2, -0.15) is 0 Å². The maximum atomic E-state index is 12.1. The van der Waals surface area contributed by atoms with E-state index in [4.69, 9.17) is 5.11 Å². The highest BCUT2D eigenvalue weighted by molar-refractivity contribution is 5.81. The fourth-order valence-electron chi connectivity index (χ4n) is 2.49. The minimum absolute atomic E-state index is 0.170. The van der Waals surface area contributed by atoms with Crippen LogP contribution in [0, 0.1) is 5.92 Å². The number of carboxylic acid groups (broad SMARTS) is 1. The van der Waals surface area contributed by atoms with Crippen LogP contribution < -0.4 is 0 Å². The van der Waals surface area contributed by atoms with E-state index in [9.17, 15) is 30.0 Å². The fraction of sp³-hybridized carbons (Fsp3) is 0.750. The fourth-order valence-corrected chi connectivity index (χ4v) is 2.49. The lowest BCUT2D eigenvalue weighted by molar-refractivity contribution is -0.198. The number of rotatable bonds is 12. The molecule has 0 aromatic rings. The molecule has 0 rings (SSSR count). The van der Waals surface area contributed by atoms with E-state index in [0.29, 0.717) is 12.8 Å².